The average Bonchev–Trinajstić information content (AvgIpc) is 3.42. The van der Waals surface area contributed by atoms with Gasteiger partial charge in [0.1, 0.15) is 0 Å². The van der Waals surface area contributed by atoms with Crippen molar-refractivity contribution >= 4 is 0 Å². The maximum Gasteiger partial charge on any atom is 0.0991 e. The Morgan fingerprint density at radius 3 is 2.58 bits per heavy atom. The van der Waals surface area contributed by atoms with E-state index in [1.165, 1.54) is 22.3 Å². The number of nitrogens with zero attached hydrogens (tertiary/aromatic N) is 3. The van der Waals surface area contributed by atoms with Crippen LogP contribution in [-0.4, -0.2) is 33.1 Å². The Morgan fingerprint density at radius 2 is 1.88 bits per heavy atom. The van der Waals surface area contributed by atoms with Gasteiger partial charge in [-0.05, 0) is 58.9 Å². The van der Waals surface area contributed by atoms with E-state index in [1.807, 2.05) is 36.5 Å². The van der Waals surface area contributed by atoms with Gasteiger partial charge in [-0.2, -0.15) is 5.26 Å². The molecule has 1 aliphatic rings. The van der Waals surface area contributed by atoms with Crippen molar-refractivity contribution in [1.29, 1.82) is 5.26 Å². The van der Waals surface area contributed by atoms with Gasteiger partial charge in [-0.25, -0.2) is 4.98 Å². The van der Waals surface area contributed by atoms with Crippen molar-refractivity contribution in [2.75, 3.05) is 13.2 Å². The van der Waals surface area contributed by atoms with Crippen LogP contribution in [0.5, 0.6) is 0 Å². The van der Waals surface area contributed by atoms with Gasteiger partial charge in [-0.15, -0.1) is 0 Å². The fourth-order valence-corrected chi connectivity index (χ4v) is 4.90. The van der Waals surface area contributed by atoms with Crippen molar-refractivity contribution in [3.05, 3.63) is 113 Å². The summed E-state index contributed by atoms with van der Waals surface area (Å²) in [6, 6.07) is 26.9. The minimum Gasteiger partial charge on any atom is -0.394 e. The molecule has 5 rings (SSSR count). The first kappa shape index (κ1) is 21.1. The molecule has 0 spiro atoms. The normalized spacial score (nSPS) is 16.7. The monoisotopic (exact) mass is 434 g/mol. The molecule has 1 unspecified atom stereocenters. The molecular weight excluding hydrogens is 408 g/mol. The SMILES string of the molecule is N#Cc1ccc(C[C@@H](c2cnc[nH]2)N2CCc3ccc(-c4ccccc4)cc3C2CO)cc1. The van der Waals surface area contributed by atoms with Crippen molar-refractivity contribution in [1.82, 2.24) is 14.9 Å². The highest BCUT2D eigenvalue weighted by atomic mass is 16.3. The summed E-state index contributed by atoms with van der Waals surface area (Å²) in [6.45, 7) is 0.895. The van der Waals surface area contributed by atoms with E-state index in [0.29, 0.717) is 5.56 Å². The molecule has 3 aromatic carbocycles. The zero-order chi connectivity index (χ0) is 22.6. The lowest BCUT2D eigenvalue weighted by molar-refractivity contribution is 0.0714. The Labute approximate surface area is 194 Å². The second-order valence-electron chi connectivity index (χ2n) is 8.50. The number of H-pyrrole nitrogens is 1. The minimum atomic E-state index is -0.107. The molecule has 2 N–H and O–H groups in total. The van der Waals surface area contributed by atoms with Crippen molar-refractivity contribution in [2.45, 2.75) is 24.9 Å². The zero-order valence-electron chi connectivity index (χ0n) is 18.4. The van der Waals surface area contributed by atoms with E-state index in [2.05, 4.69) is 63.4 Å². The topological polar surface area (TPSA) is 75.9 Å². The van der Waals surface area contributed by atoms with Gasteiger partial charge in [0.05, 0.1) is 42.3 Å². The van der Waals surface area contributed by atoms with E-state index in [1.54, 1.807) is 6.33 Å². The van der Waals surface area contributed by atoms with Crippen molar-refractivity contribution < 1.29 is 5.11 Å². The zero-order valence-corrected chi connectivity index (χ0v) is 18.4. The molecule has 0 saturated carbocycles. The second kappa shape index (κ2) is 9.41. The number of aliphatic hydroxyl groups is 1. The molecule has 1 aliphatic heterocycles. The van der Waals surface area contributed by atoms with Gasteiger partial charge in [-0.3, -0.25) is 4.90 Å². The molecule has 0 bridgehead atoms. The molecule has 4 aromatic rings. The summed E-state index contributed by atoms with van der Waals surface area (Å²) in [5.41, 5.74) is 7.66. The summed E-state index contributed by atoms with van der Waals surface area (Å²) >= 11 is 0. The number of nitriles is 1. The molecule has 0 saturated heterocycles. The van der Waals surface area contributed by atoms with Gasteiger partial charge in [0.25, 0.3) is 0 Å². The predicted octanol–water partition coefficient (Wildman–Crippen LogP) is 4.82. The lowest BCUT2D eigenvalue weighted by Gasteiger charge is -2.41. The Balaban J connectivity index is 1.50. The molecule has 2 heterocycles. The first-order valence-corrected chi connectivity index (χ1v) is 11.3. The molecule has 5 nitrogen and oxygen atoms in total. The third kappa shape index (κ3) is 4.31. The number of rotatable bonds is 6. The Hall–Kier alpha value is -3.72. The highest BCUT2D eigenvalue weighted by molar-refractivity contribution is 5.65. The Bertz CT molecular complexity index is 1240. The van der Waals surface area contributed by atoms with E-state index in [9.17, 15) is 5.11 Å². The number of hydrogen-bond acceptors (Lipinski definition) is 4. The molecule has 2 atom stereocenters. The minimum absolute atomic E-state index is 0.0334. The number of aromatic amines is 1. The summed E-state index contributed by atoms with van der Waals surface area (Å²) in [5.74, 6) is 0. The highest BCUT2D eigenvalue weighted by Gasteiger charge is 2.33. The number of aromatic nitrogens is 2. The molecular formula is C28H26N4O. The number of imidazole rings is 1. The van der Waals surface area contributed by atoms with Crippen LogP contribution in [0.25, 0.3) is 11.1 Å². The van der Waals surface area contributed by atoms with Gasteiger partial charge in [0, 0.05) is 12.7 Å². The van der Waals surface area contributed by atoms with Gasteiger partial charge < -0.3 is 10.1 Å². The number of aliphatic hydroxyl groups excluding tert-OH is 1. The molecule has 0 fully saturated rings. The molecule has 0 aliphatic carbocycles. The maximum absolute atomic E-state index is 10.5. The number of nitrogens with one attached hydrogen (secondary N) is 1. The van der Waals surface area contributed by atoms with Gasteiger partial charge in [0.2, 0.25) is 0 Å². The molecule has 0 amide bonds. The van der Waals surface area contributed by atoms with Crippen LogP contribution in [0.1, 0.15) is 40.0 Å². The van der Waals surface area contributed by atoms with E-state index >= 15 is 0 Å². The summed E-state index contributed by atoms with van der Waals surface area (Å²) in [7, 11) is 0. The summed E-state index contributed by atoms with van der Waals surface area (Å²) < 4.78 is 0. The van der Waals surface area contributed by atoms with Crippen molar-refractivity contribution in [3.8, 4) is 17.2 Å². The van der Waals surface area contributed by atoms with Crippen LogP contribution in [0.15, 0.2) is 85.3 Å². The number of fused-ring (bicyclic) bond motifs is 1. The van der Waals surface area contributed by atoms with Crippen LogP contribution in [0.3, 0.4) is 0 Å². The smallest absolute Gasteiger partial charge is 0.0991 e. The van der Waals surface area contributed by atoms with Crippen LogP contribution < -0.4 is 0 Å². The van der Waals surface area contributed by atoms with Crippen LogP contribution in [-0.2, 0) is 12.8 Å². The van der Waals surface area contributed by atoms with Crippen molar-refractivity contribution in [2.24, 2.45) is 0 Å². The van der Waals surface area contributed by atoms with Gasteiger partial charge in [0.15, 0.2) is 0 Å². The van der Waals surface area contributed by atoms with Crippen LogP contribution in [0.4, 0.5) is 0 Å². The van der Waals surface area contributed by atoms with E-state index in [-0.39, 0.29) is 18.7 Å². The summed E-state index contributed by atoms with van der Waals surface area (Å²) in [5, 5.41) is 19.7. The largest absolute Gasteiger partial charge is 0.394 e. The van der Waals surface area contributed by atoms with E-state index in [0.717, 1.165) is 30.6 Å². The number of hydrogen-bond donors (Lipinski definition) is 2. The van der Waals surface area contributed by atoms with Gasteiger partial charge in [-0.1, -0.05) is 54.6 Å². The first-order valence-electron chi connectivity index (χ1n) is 11.3. The third-order valence-electron chi connectivity index (χ3n) is 6.62. The maximum atomic E-state index is 10.5. The molecule has 0 radical (unpaired) electrons. The lowest BCUT2D eigenvalue weighted by Crippen LogP contribution is -2.41. The van der Waals surface area contributed by atoms with Crippen LogP contribution in [0.2, 0.25) is 0 Å². The van der Waals surface area contributed by atoms with E-state index < -0.39 is 0 Å². The molecule has 164 valence electrons. The highest BCUT2D eigenvalue weighted by Crippen LogP contribution is 2.38. The first-order chi connectivity index (χ1) is 16.3. The van der Waals surface area contributed by atoms with E-state index in [4.69, 9.17) is 5.26 Å². The fourth-order valence-electron chi connectivity index (χ4n) is 4.90. The standard InChI is InChI=1S/C28H26N4O/c29-16-21-8-6-20(7-9-21)14-27(26-17-30-19-31-26)32-13-12-23-10-11-24(15-25(23)28(32)18-33)22-4-2-1-3-5-22/h1-11,15,17,19,27-28,33H,12-14,18H2,(H,30,31)/t27-,28?/m0/s1. The molecule has 1 aromatic heterocycles. The quantitative estimate of drug-likeness (QED) is 0.456. The van der Waals surface area contributed by atoms with Gasteiger partial charge >= 0.3 is 0 Å². The molecule has 5 heteroatoms. The lowest BCUT2D eigenvalue weighted by atomic mass is 9.87. The van der Waals surface area contributed by atoms with Crippen LogP contribution >= 0.6 is 0 Å². The average molecular weight is 435 g/mol. The summed E-state index contributed by atoms with van der Waals surface area (Å²) in [6.07, 6.45) is 5.27. The fraction of sp³-hybridized carbons (Fsp3) is 0.214. The second-order valence-corrected chi connectivity index (χ2v) is 8.50. The Kier molecular flexibility index (Phi) is 6.03. The molecule has 33 heavy (non-hydrogen) atoms. The van der Waals surface area contributed by atoms with Crippen LogP contribution in [0, 0.1) is 11.3 Å². The third-order valence-corrected chi connectivity index (χ3v) is 6.62. The number of benzene rings is 3. The van der Waals surface area contributed by atoms with Crippen molar-refractivity contribution in [3.63, 3.8) is 0 Å². The predicted molar refractivity (Wildman–Crippen MR) is 128 cm³/mol. The Morgan fingerprint density at radius 1 is 1.06 bits per heavy atom. The summed E-state index contributed by atoms with van der Waals surface area (Å²) in [4.78, 5) is 9.96.